The minimum Gasteiger partial charge on any atom is -0.493 e. The van der Waals surface area contributed by atoms with Gasteiger partial charge in [0.25, 0.3) is 0 Å². The van der Waals surface area contributed by atoms with Gasteiger partial charge in [-0.1, -0.05) is 12.1 Å². The van der Waals surface area contributed by atoms with E-state index in [2.05, 4.69) is 5.10 Å². The molecule has 1 aromatic carbocycles. The first kappa shape index (κ1) is 12.4. The minimum atomic E-state index is 0.552. The molecule has 0 aliphatic rings. The van der Waals surface area contributed by atoms with Gasteiger partial charge in [0.05, 0.1) is 25.5 Å². The quantitative estimate of drug-likeness (QED) is 0.877. The Kier molecular flexibility index (Phi) is 3.84. The first-order chi connectivity index (χ1) is 8.76. The molecule has 18 heavy (non-hydrogen) atoms. The van der Waals surface area contributed by atoms with E-state index in [1.165, 1.54) is 0 Å². The van der Waals surface area contributed by atoms with Crippen LogP contribution in [0.25, 0.3) is 0 Å². The molecule has 0 bridgehead atoms. The predicted molar refractivity (Wildman–Crippen MR) is 69.1 cm³/mol. The third kappa shape index (κ3) is 2.46. The highest BCUT2D eigenvalue weighted by Crippen LogP contribution is 2.32. The Balaban J connectivity index is 2.23. The van der Waals surface area contributed by atoms with Gasteiger partial charge >= 0.3 is 0 Å². The highest BCUT2D eigenvalue weighted by atomic mass is 16.5. The van der Waals surface area contributed by atoms with Gasteiger partial charge < -0.3 is 15.2 Å². The zero-order valence-electron chi connectivity index (χ0n) is 10.6. The van der Waals surface area contributed by atoms with E-state index in [-0.39, 0.29) is 0 Å². The molecule has 0 saturated carbocycles. The molecule has 2 aromatic rings. The number of nitrogens with two attached hydrogens (primary N) is 1. The Labute approximate surface area is 106 Å². The fraction of sp³-hybridized carbons (Fsp3) is 0.308. The van der Waals surface area contributed by atoms with Crippen LogP contribution in [0.2, 0.25) is 0 Å². The summed E-state index contributed by atoms with van der Waals surface area (Å²) in [5, 5.41) is 4.23. The normalized spacial score (nSPS) is 10.4. The molecule has 0 fully saturated rings. The Morgan fingerprint density at radius 2 is 1.94 bits per heavy atom. The molecule has 0 aliphatic carbocycles. The van der Waals surface area contributed by atoms with Crippen LogP contribution in [0.3, 0.4) is 0 Å². The number of para-hydroxylation sites is 2. The first-order valence-electron chi connectivity index (χ1n) is 5.79. The van der Waals surface area contributed by atoms with Crippen molar-refractivity contribution in [3.8, 4) is 17.2 Å². The molecule has 0 amide bonds. The lowest BCUT2D eigenvalue weighted by Crippen LogP contribution is -2.12. The van der Waals surface area contributed by atoms with Crippen LogP contribution in [0.15, 0.2) is 30.5 Å². The molecule has 2 rings (SSSR count). The lowest BCUT2D eigenvalue weighted by molar-refractivity contribution is 0.377. The van der Waals surface area contributed by atoms with Gasteiger partial charge in [0, 0.05) is 6.54 Å². The van der Waals surface area contributed by atoms with Crippen LogP contribution in [0.5, 0.6) is 17.2 Å². The van der Waals surface area contributed by atoms with Gasteiger partial charge in [-0.05, 0) is 19.1 Å². The molecule has 0 spiro atoms. The first-order valence-corrected chi connectivity index (χ1v) is 5.79. The lowest BCUT2D eigenvalue weighted by atomic mass is 10.3. The van der Waals surface area contributed by atoms with Crippen molar-refractivity contribution in [3.63, 3.8) is 0 Å². The maximum atomic E-state index is 5.81. The van der Waals surface area contributed by atoms with Gasteiger partial charge in [-0.3, -0.25) is 4.68 Å². The summed E-state index contributed by atoms with van der Waals surface area (Å²) in [6, 6.07) is 7.52. The molecular formula is C13H17N3O2. The van der Waals surface area contributed by atoms with Crippen LogP contribution in [0.4, 0.5) is 0 Å². The smallest absolute Gasteiger partial charge is 0.169 e. The molecule has 0 radical (unpaired) electrons. The minimum absolute atomic E-state index is 0.552. The molecule has 5 nitrogen and oxygen atoms in total. The summed E-state index contributed by atoms with van der Waals surface area (Å²) in [6.07, 6.45) is 1.69. The highest BCUT2D eigenvalue weighted by molar-refractivity contribution is 5.43. The molecule has 0 atom stereocenters. The van der Waals surface area contributed by atoms with Crippen LogP contribution < -0.4 is 15.2 Å². The molecule has 96 valence electrons. The van der Waals surface area contributed by atoms with Crippen molar-refractivity contribution in [2.45, 2.75) is 13.5 Å². The van der Waals surface area contributed by atoms with Crippen LogP contribution in [0, 0.1) is 6.92 Å². The van der Waals surface area contributed by atoms with Crippen LogP contribution in [-0.4, -0.2) is 23.4 Å². The monoisotopic (exact) mass is 247 g/mol. The summed E-state index contributed by atoms with van der Waals surface area (Å²) >= 11 is 0. The molecule has 0 unspecified atom stereocenters. The van der Waals surface area contributed by atoms with E-state index in [4.69, 9.17) is 15.2 Å². The van der Waals surface area contributed by atoms with E-state index in [1.807, 2.05) is 35.9 Å². The SMILES string of the molecule is COc1ccccc1Oc1cnn(CCN)c1C. The van der Waals surface area contributed by atoms with Crippen molar-refractivity contribution < 1.29 is 9.47 Å². The predicted octanol–water partition coefficient (Wildman–Crippen LogP) is 1.95. The number of aromatic nitrogens is 2. The number of methoxy groups -OCH3 is 1. The second-order valence-electron chi connectivity index (χ2n) is 3.86. The number of ether oxygens (including phenoxy) is 2. The Bertz CT molecular complexity index is 523. The zero-order valence-corrected chi connectivity index (χ0v) is 10.6. The van der Waals surface area contributed by atoms with Gasteiger partial charge in [0.1, 0.15) is 0 Å². The van der Waals surface area contributed by atoms with Crippen molar-refractivity contribution in [1.82, 2.24) is 9.78 Å². The second-order valence-corrected chi connectivity index (χ2v) is 3.86. The van der Waals surface area contributed by atoms with E-state index in [9.17, 15) is 0 Å². The average molecular weight is 247 g/mol. The van der Waals surface area contributed by atoms with E-state index < -0.39 is 0 Å². The third-order valence-electron chi connectivity index (χ3n) is 2.69. The molecule has 2 N–H and O–H groups in total. The third-order valence-corrected chi connectivity index (χ3v) is 2.69. The van der Waals surface area contributed by atoms with Gasteiger partial charge in [0.2, 0.25) is 0 Å². The summed E-state index contributed by atoms with van der Waals surface area (Å²) in [7, 11) is 1.62. The maximum Gasteiger partial charge on any atom is 0.169 e. The van der Waals surface area contributed by atoms with Crippen molar-refractivity contribution >= 4 is 0 Å². The number of benzene rings is 1. The number of rotatable bonds is 5. The lowest BCUT2D eigenvalue weighted by Gasteiger charge is -2.09. The standard InChI is InChI=1S/C13H17N3O2/c1-10-13(9-15-16(10)8-7-14)18-12-6-4-3-5-11(12)17-2/h3-6,9H,7-8,14H2,1-2H3. The molecule has 1 heterocycles. The number of hydrogen-bond acceptors (Lipinski definition) is 4. The zero-order chi connectivity index (χ0) is 13.0. The summed E-state index contributed by atoms with van der Waals surface area (Å²) < 4.78 is 12.9. The molecule has 0 aliphatic heterocycles. The van der Waals surface area contributed by atoms with Crippen molar-refractivity contribution in [3.05, 3.63) is 36.2 Å². The Morgan fingerprint density at radius 1 is 1.22 bits per heavy atom. The maximum absolute atomic E-state index is 5.81. The molecule has 0 saturated heterocycles. The van der Waals surface area contributed by atoms with Gasteiger partial charge in [-0.15, -0.1) is 0 Å². The largest absolute Gasteiger partial charge is 0.493 e. The Hall–Kier alpha value is -2.01. The number of hydrogen-bond donors (Lipinski definition) is 1. The molecule has 5 heteroatoms. The summed E-state index contributed by atoms with van der Waals surface area (Å²) in [5.74, 6) is 2.09. The van der Waals surface area contributed by atoms with Crippen molar-refractivity contribution in [2.24, 2.45) is 5.73 Å². The average Bonchev–Trinajstić information content (AvgIpc) is 2.73. The van der Waals surface area contributed by atoms with Crippen LogP contribution in [0.1, 0.15) is 5.69 Å². The van der Waals surface area contributed by atoms with Crippen molar-refractivity contribution in [2.75, 3.05) is 13.7 Å². The van der Waals surface area contributed by atoms with Gasteiger partial charge in [0.15, 0.2) is 17.2 Å². The summed E-state index contributed by atoms with van der Waals surface area (Å²) in [5.41, 5.74) is 6.47. The van der Waals surface area contributed by atoms with Gasteiger partial charge in [-0.25, -0.2) is 0 Å². The van der Waals surface area contributed by atoms with E-state index in [0.717, 1.165) is 5.69 Å². The molecular weight excluding hydrogens is 230 g/mol. The Morgan fingerprint density at radius 3 is 2.61 bits per heavy atom. The van der Waals surface area contributed by atoms with Crippen LogP contribution in [-0.2, 0) is 6.54 Å². The van der Waals surface area contributed by atoms with E-state index >= 15 is 0 Å². The fourth-order valence-electron chi connectivity index (χ4n) is 1.70. The topological polar surface area (TPSA) is 62.3 Å². The van der Waals surface area contributed by atoms with Gasteiger partial charge in [-0.2, -0.15) is 5.10 Å². The van der Waals surface area contributed by atoms with E-state index in [0.29, 0.717) is 30.3 Å². The molecule has 1 aromatic heterocycles. The van der Waals surface area contributed by atoms with Crippen molar-refractivity contribution in [1.29, 1.82) is 0 Å². The summed E-state index contributed by atoms with van der Waals surface area (Å²) in [6.45, 7) is 3.19. The number of nitrogens with zero attached hydrogens (tertiary/aromatic N) is 2. The fourth-order valence-corrected chi connectivity index (χ4v) is 1.70. The van der Waals surface area contributed by atoms with E-state index in [1.54, 1.807) is 13.3 Å². The van der Waals surface area contributed by atoms with Crippen LogP contribution >= 0.6 is 0 Å². The second kappa shape index (κ2) is 5.55. The summed E-state index contributed by atoms with van der Waals surface area (Å²) in [4.78, 5) is 0. The highest BCUT2D eigenvalue weighted by Gasteiger charge is 2.10.